The van der Waals surface area contributed by atoms with E-state index in [-0.39, 0.29) is 31.9 Å². The van der Waals surface area contributed by atoms with Crippen molar-refractivity contribution in [1.82, 2.24) is 20.5 Å². The van der Waals surface area contributed by atoms with Gasteiger partial charge in [-0.2, -0.15) is 0 Å². The average Bonchev–Trinajstić information content (AvgIpc) is 2.90. The number of aliphatic hydroxyl groups excluding tert-OH is 1. The standard InChI is InChI=1S/C27H32F2N4O4/c1-33(27(36)32-15-21-9-6-11-24(28)26(21)29)23(10-4-5-12-34)18-37-25(35)17-30-16-22-13-19-7-2-3-8-20(19)14-31-22/h2-3,6-9,11,13-14,23,30,34H,4-5,10,12,15-18H2,1H3,(H,32,36)/t23-/m0/s1. The van der Waals surface area contributed by atoms with E-state index >= 15 is 0 Å². The number of aliphatic hydroxyl groups is 1. The molecule has 198 valence electrons. The molecule has 1 aromatic heterocycles. The maximum atomic E-state index is 13.9. The molecule has 8 nitrogen and oxygen atoms in total. The SMILES string of the molecule is CN(C(=O)NCc1cccc(F)c1F)[C@@H](CCCCO)COC(=O)CNCc1cc2ccccc2cn1. The average molecular weight is 515 g/mol. The van der Waals surface area contributed by atoms with Gasteiger partial charge in [-0.05, 0) is 36.8 Å². The van der Waals surface area contributed by atoms with E-state index in [1.165, 1.54) is 17.0 Å². The number of amides is 2. The van der Waals surface area contributed by atoms with Gasteiger partial charge >= 0.3 is 12.0 Å². The second-order valence-electron chi connectivity index (χ2n) is 8.67. The van der Waals surface area contributed by atoms with Crippen molar-refractivity contribution in [2.45, 2.75) is 38.4 Å². The Hall–Kier alpha value is -3.63. The number of benzene rings is 2. The fraction of sp³-hybridized carbons (Fsp3) is 0.370. The van der Waals surface area contributed by atoms with Crippen molar-refractivity contribution in [3.8, 4) is 0 Å². The number of ether oxygens (including phenoxy) is 1. The van der Waals surface area contributed by atoms with Gasteiger partial charge in [-0.3, -0.25) is 9.78 Å². The minimum Gasteiger partial charge on any atom is -0.463 e. The topological polar surface area (TPSA) is 104 Å². The third-order valence-corrected chi connectivity index (χ3v) is 5.97. The van der Waals surface area contributed by atoms with E-state index in [1.807, 2.05) is 30.3 Å². The maximum Gasteiger partial charge on any atom is 0.320 e. The second kappa shape index (κ2) is 14.2. The summed E-state index contributed by atoms with van der Waals surface area (Å²) in [6, 6.07) is 12.6. The number of halogens is 2. The lowest BCUT2D eigenvalue weighted by atomic mass is 10.1. The van der Waals surface area contributed by atoms with Crippen molar-refractivity contribution < 1.29 is 28.2 Å². The Morgan fingerprint density at radius 1 is 1.08 bits per heavy atom. The van der Waals surface area contributed by atoms with E-state index in [9.17, 15) is 18.4 Å². The van der Waals surface area contributed by atoms with Crippen molar-refractivity contribution >= 4 is 22.8 Å². The number of urea groups is 1. The van der Waals surface area contributed by atoms with Gasteiger partial charge in [0.1, 0.15) is 6.61 Å². The number of rotatable bonds is 13. The third-order valence-electron chi connectivity index (χ3n) is 5.97. The molecule has 0 aliphatic carbocycles. The van der Waals surface area contributed by atoms with Crippen LogP contribution in [0.25, 0.3) is 10.8 Å². The van der Waals surface area contributed by atoms with Gasteiger partial charge in [-0.25, -0.2) is 13.6 Å². The summed E-state index contributed by atoms with van der Waals surface area (Å²) in [5.74, 6) is -2.48. The van der Waals surface area contributed by atoms with Crippen LogP contribution >= 0.6 is 0 Å². The van der Waals surface area contributed by atoms with Crippen molar-refractivity contribution in [1.29, 1.82) is 0 Å². The second-order valence-corrected chi connectivity index (χ2v) is 8.67. The molecule has 0 radical (unpaired) electrons. The molecular weight excluding hydrogens is 482 g/mol. The zero-order valence-electron chi connectivity index (χ0n) is 20.8. The Morgan fingerprint density at radius 3 is 2.65 bits per heavy atom. The van der Waals surface area contributed by atoms with Gasteiger partial charge in [0, 0.05) is 43.9 Å². The normalized spacial score (nSPS) is 11.8. The molecular formula is C27H32F2N4O4. The number of hydrogen-bond donors (Lipinski definition) is 3. The summed E-state index contributed by atoms with van der Waals surface area (Å²) >= 11 is 0. The molecule has 37 heavy (non-hydrogen) atoms. The molecule has 2 amide bonds. The molecule has 3 rings (SSSR count). The molecule has 0 bridgehead atoms. The first-order valence-corrected chi connectivity index (χ1v) is 12.1. The van der Waals surface area contributed by atoms with Crippen molar-refractivity contribution in [2.24, 2.45) is 0 Å². The summed E-state index contributed by atoms with van der Waals surface area (Å²) in [7, 11) is 1.54. The van der Waals surface area contributed by atoms with Crippen LogP contribution in [0.4, 0.5) is 13.6 Å². The van der Waals surface area contributed by atoms with Crippen LogP contribution in [0.3, 0.4) is 0 Å². The zero-order valence-corrected chi connectivity index (χ0v) is 20.8. The highest BCUT2D eigenvalue weighted by Gasteiger charge is 2.22. The van der Waals surface area contributed by atoms with Gasteiger partial charge in [0.15, 0.2) is 11.6 Å². The van der Waals surface area contributed by atoms with E-state index in [4.69, 9.17) is 9.84 Å². The predicted octanol–water partition coefficient (Wildman–Crippen LogP) is 3.52. The van der Waals surface area contributed by atoms with Crippen molar-refractivity contribution in [3.05, 3.63) is 77.6 Å². The molecule has 0 spiro atoms. The summed E-state index contributed by atoms with van der Waals surface area (Å²) < 4.78 is 32.7. The molecule has 1 atom stereocenters. The van der Waals surface area contributed by atoms with Gasteiger partial charge < -0.3 is 25.4 Å². The number of carbonyl (C=O) groups excluding carboxylic acids is 2. The Kier molecular flexibility index (Phi) is 10.7. The van der Waals surface area contributed by atoms with Gasteiger partial charge in [0.25, 0.3) is 0 Å². The predicted molar refractivity (Wildman–Crippen MR) is 135 cm³/mol. The highest BCUT2D eigenvalue weighted by atomic mass is 19.2. The van der Waals surface area contributed by atoms with Crippen LogP contribution in [-0.2, 0) is 22.6 Å². The van der Waals surface area contributed by atoms with Gasteiger partial charge in [-0.1, -0.05) is 36.4 Å². The lowest BCUT2D eigenvalue weighted by Gasteiger charge is -2.28. The summed E-state index contributed by atoms with van der Waals surface area (Å²) in [6.07, 6.45) is 3.42. The largest absolute Gasteiger partial charge is 0.463 e. The Bertz CT molecular complexity index is 1190. The number of esters is 1. The van der Waals surface area contributed by atoms with E-state index < -0.39 is 29.7 Å². The van der Waals surface area contributed by atoms with Gasteiger partial charge in [0.2, 0.25) is 0 Å². The first kappa shape index (κ1) is 27.9. The number of likely N-dealkylation sites (N-methyl/N-ethyl adjacent to an activating group) is 1. The maximum absolute atomic E-state index is 13.9. The number of hydrogen-bond acceptors (Lipinski definition) is 6. The summed E-state index contributed by atoms with van der Waals surface area (Å²) in [6.45, 7) is 0.125. The van der Waals surface area contributed by atoms with Crippen LogP contribution in [0, 0.1) is 11.6 Å². The zero-order chi connectivity index (χ0) is 26.6. The molecule has 0 aliphatic heterocycles. The number of fused-ring (bicyclic) bond motifs is 1. The molecule has 10 heteroatoms. The fourth-order valence-electron chi connectivity index (χ4n) is 3.79. The molecule has 2 aromatic carbocycles. The number of nitrogens with zero attached hydrogens (tertiary/aromatic N) is 2. The number of pyridine rings is 1. The van der Waals surface area contributed by atoms with Gasteiger partial charge in [-0.15, -0.1) is 0 Å². The third kappa shape index (κ3) is 8.47. The molecule has 0 fully saturated rings. The molecule has 0 unspecified atom stereocenters. The van der Waals surface area contributed by atoms with Crippen LogP contribution in [-0.4, -0.2) is 59.8 Å². The van der Waals surface area contributed by atoms with E-state index in [0.717, 1.165) is 22.5 Å². The molecule has 3 aromatic rings. The molecule has 0 saturated carbocycles. The number of carbonyl (C=O) groups is 2. The molecule has 0 aliphatic rings. The Labute approximate surface area is 214 Å². The number of nitrogens with one attached hydrogen (secondary N) is 2. The van der Waals surface area contributed by atoms with E-state index in [0.29, 0.717) is 25.8 Å². The summed E-state index contributed by atoms with van der Waals surface area (Å²) in [4.78, 5) is 30.7. The quantitative estimate of drug-likeness (QED) is 0.238. The van der Waals surface area contributed by atoms with Crippen molar-refractivity contribution in [3.63, 3.8) is 0 Å². The van der Waals surface area contributed by atoms with Crippen molar-refractivity contribution in [2.75, 3.05) is 26.8 Å². The highest BCUT2D eigenvalue weighted by molar-refractivity contribution is 5.81. The van der Waals surface area contributed by atoms with Crippen LogP contribution in [0.15, 0.2) is 54.7 Å². The van der Waals surface area contributed by atoms with Crippen LogP contribution < -0.4 is 10.6 Å². The van der Waals surface area contributed by atoms with Crippen LogP contribution in [0.1, 0.15) is 30.5 Å². The lowest BCUT2D eigenvalue weighted by molar-refractivity contribution is -0.144. The van der Waals surface area contributed by atoms with Crippen LogP contribution in [0.2, 0.25) is 0 Å². The van der Waals surface area contributed by atoms with E-state index in [2.05, 4.69) is 15.6 Å². The molecule has 0 saturated heterocycles. The Balaban J connectivity index is 1.48. The molecule has 1 heterocycles. The number of unbranched alkanes of at least 4 members (excludes halogenated alkanes) is 1. The smallest absolute Gasteiger partial charge is 0.320 e. The first-order valence-electron chi connectivity index (χ1n) is 12.1. The highest BCUT2D eigenvalue weighted by Crippen LogP contribution is 2.14. The number of aromatic nitrogens is 1. The van der Waals surface area contributed by atoms with Gasteiger partial charge in [0.05, 0.1) is 18.3 Å². The first-order chi connectivity index (χ1) is 17.9. The minimum absolute atomic E-state index is 0.00793. The minimum atomic E-state index is -1.01. The lowest BCUT2D eigenvalue weighted by Crippen LogP contribution is -2.46. The van der Waals surface area contributed by atoms with Crippen LogP contribution in [0.5, 0.6) is 0 Å². The summed E-state index contributed by atoms with van der Waals surface area (Å²) in [5, 5.41) is 16.8. The monoisotopic (exact) mass is 514 g/mol. The fourth-order valence-corrected chi connectivity index (χ4v) is 3.79. The molecule has 3 N–H and O–H groups in total. The van der Waals surface area contributed by atoms with E-state index in [1.54, 1.807) is 13.2 Å². The Morgan fingerprint density at radius 2 is 1.86 bits per heavy atom. The summed E-state index contributed by atoms with van der Waals surface area (Å²) in [5.41, 5.74) is 0.816.